The lowest BCUT2D eigenvalue weighted by Crippen LogP contribution is -2.53. The van der Waals surface area contributed by atoms with Crippen LogP contribution in [0.25, 0.3) is 22.0 Å². The van der Waals surface area contributed by atoms with Crippen molar-refractivity contribution in [1.29, 1.82) is 0 Å². The first kappa shape index (κ1) is 54.5. The number of aromatic amines is 1. The van der Waals surface area contributed by atoms with E-state index in [1.54, 1.807) is 24.3 Å². The number of benzene rings is 8. The van der Waals surface area contributed by atoms with Crippen molar-refractivity contribution in [3.8, 4) is 16.9 Å². The highest BCUT2D eigenvalue weighted by molar-refractivity contribution is 5.98. The van der Waals surface area contributed by atoms with Crippen LogP contribution in [0.1, 0.15) is 69.7 Å². The van der Waals surface area contributed by atoms with Gasteiger partial charge in [0, 0.05) is 47.3 Å². The first-order valence-corrected chi connectivity index (χ1v) is 26.9. The number of carbonyl (C=O) groups is 4. The molecule has 0 aliphatic heterocycles. The number of ether oxygens (including phenoxy) is 3. The summed E-state index contributed by atoms with van der Waals surface area (Å²) in [5.74, 6) is -1.19. The molecule has 3 amide bonds. The Morgan fingerprint density at radius 1 is 0.630 bits per heavy atom. The second kappa shape index (κ2) is 25.3. The molecule has 0 radical (unpaired) electrons. The van der Waals surface area contributed by atoms with Gasteiger partial charge in [-0.15, -0.1) is 0 Å². The molecule has 15 nitrogen and oxygen atoms in total. The molecule has 8 aromatic carbocycles. The van der Waals surface area contributed by atoms with Gasteiger partial charge in [-0.2, -0.15) is 0 Å². The molecular formula is C66H60N6O9. The molecule has 1 aromatic heterocycles. The van der Waals surface area contributed by atoms with Gasteiger partial charge in [0.25, 0.3) is 5.69 Å². The molecule has 2 atom stereocenters. The number of rotatable bonds is 22. The summed E-state index contributed by atoms with van der Waals surface area (Å²) in [5.41, 5.74) is 10.4. The third-order valence-electron chi connectivity index (χ3n) is 14.7. The van der Waals surface area contributed by atoms with Crippen molar-refractivity contribution >= 4 is 46.3 Å². The van der Waals surface area contributed by atoms with Crippen molar-refractivity contribution in [2.75, 3.05) is 18.5 Å². The topological polar surface area (TPSA) is 203 Å². The van der Waals surface area contributed by atoms with Crippen molar-refractivity contribution < 1.29 is 38.3 Å². The highest BCUT2D eigenvalue weighted by Crippen LogP contribution is 2.44. The fourth-order valence-electron chi connectivity index (χ4n) is 10.6. The number of nitrogens with zero attached hydrogens (tertiary/aromatic N) is 1. The number of alkyl carbamates (subject to hydrolysis) is 1. The molecule has 0 bridgehead atoms. The number of carbonyl (C=O) groups excluding carboxylic acids is 4. The molecule has 0 fully saturated rings. The number of anilines is 1. The number of unbranched alkanes of at least 4 members (excludes halogenated alkanes) is 1. The van der Waals surface area contributed by atoms with Crippen molar-refractivity contribution in [1.82, 2.24) is 20.9 Å². The van der Waals surface area contributed by atoms with Crippen LogP contribution in [0, 0.1) is 17.0 Å². The van der Waals surface area contributed by atoms with Crippen molar-refractivity contribution in [3.63, 3.8) is 0 Å². The molecule has 0 saturated carbocycles. The Kier molecular flexibility index (Phi) is 17.0. The second-order valence-electron chi connectivity index (χ2n) is 20.0. The Morgan fingerprint density at radius 3 is 1.89 bits per heavy atom. The van der Waals surface area contributed by atoms with Gasteiger partial charge < -0.3 is 35.1 Å². The van der Waals surface area contributed by atoms with Gasteiger partial charge in [-0.05, 0) is 113 Å². The minimum Gasteiger partial charge on any atom is -0.449 e. The summed E-state index contributed by atoms with van der Waals surface area (Å²) in [4.78, 5) is 69.7. The molecule has 0 spiro atoms. The molecule has 9 aromatic rings. The lowest BCUT2D eigenvalue weighted by Gasteiger charge is -2.37. The Bertz CT molecular complexity index is 3560. The van der Waals surface area contributed by atoms with E-state index in [0.717, 1.165) is 61.0 Å². The van der Waals surface area contributed by atoms with Gasteiger partial charge in [0.05, 0.1) is 10.5 Å². The van der Waals surface area contributed by atoms with E-state index in [1.165, 1.54) is 24.3 Å². The van der Waals surface area contributed by atoms with Crippen LogP contribution in [-0.4, -0.2) is 59.2 Å². The van der Waals surface area contributed by atoms with Gasteiger partial charge in [-0.1, -0.05) is 169 Å². The number of nitro benzene ring substituents is 1. The molecule has 81 heavy (non-hydrogen) atoms. The van der Waals surface area contributed by atoms with E-state index in [1.807, 2.05) is 103 Å². The molecule has 1 heterocycles. The van der Waals surface area contributed by atoms with Gasteiger partial charge in [-0.3, -0.25) is 25.0 Å². The van der Waals surface area contributed by atoms with E-state index in [4.69, 9.17) is 14.2 Å². The Morgan fingerprint density at radius 2 is 1.23 bits per heavy atom. The number of nitro groups is 1. The summed E-state index contributed by atoms with van der Waals surface area (Å²) in [5, 5.41) is 24.7. The van der Waals surface area contributed by atoms with Crippen LogP contribution in [0.3, 0.4) is 0 Å². The minimum absolute atomic E-state index is 0.0390. The van der Waals surface area contributed by atoms with Crippen LogP contribution in [-0.2, 0) is 37.6 Å². The zero-order valence-electron chi connectivity index (χ0n) is 44.5. The third-order valence-corrected chi connectivity index (χ3v) is 14.7. The standard InChI is InChI=1S/C66H60N6O9/c1-44-27-31-49(32-28-44)66(47-16-4-2-5-17-47,48-18-6-3-7-19-48)68-39-15-14-26-60(62(73)69-50-33-29-45(30-34-50)42-80-65(76)81-52-37-35-51(36-38-52)72(77)78)70-63(74)61(40-46-41-67-59-25-13-12-20-53(46)59)71-64(75)79-43-58-56-23-10-8-21-54(56)55-22-9-11-24-57(55)58/h2-13,16-25,27-38,41,58,60-61,67-68H,14-15,26,39-40,42-43H2,1H3,(H,69,73)(H,70,74)(H,71,75)/t60-,61-/m0/s1. The van der Waals surface area contributed by atoms with Gasteiger partial charge >= 0.3 is 12.2 Å². The van der Waals surface area contributed by atoms with Crippen molar-refractivity contribution in [2.45, 2.75) is 62.8 Å². The second-order valence-corrected chi connectivity index (χ2v) is 20.0. The first-order valence-electron chi connectivity index (χ1n) is 26.9. The van der Waals surface area contributed by atoms with Crippen LogP contribution in [0.2, 0.25) is 0 Å². The Hall–Kier alpha value is -9.86. The minimum atomic E-state index is -1.16. The van der Waals surface area contributed by atoms with E-state index >= 15 is 0 Å². The number of hydrogen-bond acceptors (Lipinski definition) is 10. The monoisotopic (exact) mass is 1080 g/mol. The average molecular weight is 1080 g/mol. The number of non-ortho nitro benzene ring substituents is 1. The summed E-state index contributed by atoms with van der Waals surface area (Å²) in [6, 6.07) is 62.4. The van der Waals surface area contributed by atoms with Crippen molar-refractivity contribution in [2.24, 2.45) is 0 Å². The van der Waals surface area contributed by atoms with E-state index in [0.29, 0.717) is 30.6 Å². The van der Waals surface area contributed by atoms with Crippen LogP contribution in [0.15, 0.2) is 212 Å². The molecular weight excluding hydrogens is 1020 g/mol. The maximum absolute atomic E-state index is 14.9. The van der Waals surface area contributed by atoms with E-state index in [9.17, 15) is 29.3 Å². The maximum atomic E-state index is 14.9. The van der Waals surface area contributed by atoms with E-state index < -0.39 is 46.6 Å². The van der Waals surface area contributed by atoms with E-state index in [2.05, 4.69) is 93.8 Å². The number of fused-ring (bicyclic) bond motifs is 4. The van der Waals surface area contributed by atoms with Crippen LogP contribution in [0.4, 0.5) is 21.0 Å². The van der Waals surface area contributed by atoms with Gasteiger partial charge in [0.2, 0.25) is 11.8 Å². The number of hydrogen-bond donors (Lipinski definition) is 5. The molecule has 0 saturated heterocycles. The number of aryl methyl sites for hydroxylation is 1. The van der Waals surface area contributed by atoms with E-state index in [-0.39, 0.29) is 43.4 Å². The fourth-order valence-corrected chi connectivity index (χ4v) is 10.6. The number of para-hydroxylation sites is 1. The average Bonchev–Trinajstić information content (AvgIpc) is 4.09. The van der Waals surface area contributed by atoms with Crippen LogP contribution >= 0.6 is 0 Å². The lowest BCUT2D eigenvalue weighted by atomic mass is 9.76. The van der Waals surface area contributed by atoms with Gasteiger partial charge in [-0.25, -0.2) is 9.59 Å². The molecule has 0 unspecified atom stereocenters. The molecule has 5 N–H and O–H groups in total. The molecule has 1 aliphatic rings. The predicted octanol–water partition coefficient (Wildman–Crippen LogP) is 12.4. The normalized spacial score (nSPS) is 12.6. The fraction of sp³-hybridized carbons (Fsp3) is 0.182. The van der Waals surface area contributed by atoms with Gasteiger partial charge in [0.1, 0.15) is 31.0 Å². The highest BCUT2D eigenvalue weighted by atomic mass is 16.7. The number of nitrogens with one attached hydrogen (secondary N) is 5. The summed E-state index contributed by atoms with van der Waals surface area (Å²) in [6.07, 6.45) is 1.49. The molecule has 408 valence electrons. The summed E-state index contributed by atoms with van der Waals surface area (Å²) in [7, 11) is 0. The zero-order valence-corrected chi connectivity index (χ0v) is 44.5. The van der Waals surface area contributed by atoms with Crippen molar-refractivity contribution in [3.05, 3.63) is 267 Å². The maximum Gasteiger partial charge on any atom is 0.514 e. The van der Waals surface area contributed by atoms with Crippen LogP contribution < -0.4 is 26.0 Å². The predicted molar refractivity (Wildman–Crippen MR) is 311 cm³/mol. The largest absolute Gasteiger partial charge is 0.514 e. The summed E-state index contributed by atoms with van der Waals surface area (Å²) in [6.45, 7) is 2.48. The molecule has 15 heteroatoms. The third kappa shape index (κ3) is 12.9. The highest BCUT2D eigenvalue weighted by Gasteiger charge is 2.36. The molecule has 10 rings (SSSR count). The lowest BCUT2D eigenvalue weighted by molar-refractivity contribution is -0.384. The quantitative estimate of drug-likeness (QED) is 0.0108. The number of H-pyrrole nitrogens is 1. The summed E-state index contributed by atoms with van der Waals surface area (Å²) < 4.78 is 16.4. The SMILES string of the molecule is Cc1ccc(C(NCCCC[C@H](NC(=O)[C@H](Cc2c[nH]c3ccccc23)NC(=O)OCC2c3ccccc3-c3ccccc32)C(=O)Nc2ccc(COC(=O)Oc3ccc([N+](=O)[O-])cc3)cc2)(c2ccccc2)c2ccccc2)cc1. The van der Waals surface area contributed by atoms with Crippen LogP contribution in [0.5, 0.6) is 5.75 Å². The smallest absolute Gasteiger partial charge is 0.449 e. The summed E-state index contributed by atoms with van der Waals surface area (Å²) >= 11 is 0. The first-order chi connectivity index (χ1) is 39.5. The number of aromatic nitrogens is 1. The Labute approximate surface area is 468 Å². The molecule has 1 aliphatic carbocycles. The van der Waals surface area contributed by atoms with Gasteiger partial charge in [0.15, 0.2) is 0 Å². The zero-order chi connectivity index (χ0) is 56.1. The number of amides is 3. The Balaban J connectivity index is 0.866.